The molecule has 0 aliphatic heterocycles. The van der Waals surface area contributed by atoms with E-state index in [4.69, 9.17) is 0 Å². The number of benzene rings is 2. The largest absolute Gasteiger partial charge is 0.294 e. The Labute approximate surface area is 108 Å². The number of aryl methyl sites for hydroxylation is 1. The van der Waals surface area contributed by atoms with Crippen molar-refractivity contribution in [3.05, 3.63) is 59.7 Å². The molecule has 18 heavy (non-hydrogen) atoms. The van der Waals surface area contributed by atoms with Gasteiger partial charge < -0.3 is 0 Å². The summed E-state index contributed by atoms with van der Waals surface area (Å²) in [6.07, 6.45) is 2.22. The van der Waals surface area contributed by atoms with Crippen molar-refractivity contribution in [2.45, 2.75) is 26.7 Å². The van der Waals surface area contributed by atoms with E-state index in [9.17, 15) is 4.79 Å². The Morgan fingerprint density at radius 2 is 1.83 bits per heavy atom. The number of Topliss-reactive ketones (excluding diaryl/α,β-unsaturated/α-hetero) is 1. The van der Waals surface area contributed by atoms with Crippen LogP contribution in [0.25, 0.3) is 11.1 Å². The fourth-order valence-electron chi connectivity index (χ4n) is 2.22. The molecule has 2 rings (SSSR count). The summed E-state index contributed by atoms with van der Waals surface area (Å²) in [4.78, 5) is 11.7. The van der Waals surface area contributed by atoms with Crippen molar-refractivity contribution in [3.8, 4) is 11.1 Å². The van der Waals surface area contributed by atoms with Gasteiger partial charge in [-0.25, -0.2) is 0 Å². The van der Waals surface area contributed by atoms with Crippen LogP contribution in [-0.2, 0) is 6.42 Å². The molecule has 0 bridgehead atoms. The molecule has 0 heterocycles. The molecule has 2 aromatic rings. The maximum atomic E-state index is 11.7. The normalized spacial score (nSPS) is 10.3. The van der Waals surface area contributed by atoms with Gasteiger partial charge in [0, 0.05) is 5.56 Å². The molecule has 0 spiro atoms. The molecule has 2 aromatic carbocycles. The van der Waals surface area contributed by atoms with E-state index in [1.807, 2.05) is 24.3 Å². The first-order valence-electron chi connectivity index (χ1n) is 6.41. The van der Waals surface area contributed by atoms with Crippen LogP contribution in [0.1, 0.15) is 36.2 Å². The predicted octanol–water partition coefficient (Wildman–Crippen LogP) is 4.51. The van der Waals surface area contributed by atoms with Gasteiger partial charge in [0.05, 0.1) is 0 Å². The van der Waals surface area contributed by atoms with Crippen LogP contribution in [0.3, 0.4) is 0 Å². The van der Waals surface area contributed by atoms with Gasteiger partial charge in [-0.3, -0.25) is 4.79 Å². The van der Waals surface area contributed by atoms with Crippen LogP contribution in [0.15, 0.2) is 48.5 Å². The maximum absolute atomic E-state index is 11.7. The molecule has 0 unspecified atom stereocenters. The van der Waals surface area contributed by atoms with E-state index in [1.165, 1.54) is 5.56 Å². The molecule has 0 fully saturated rings. The summed E-state index contributed by atoms with van der Waals surface area (Å²) in [5, 5.41) is 0. The van der Waals surface area contributed by atoms with E-state index in [2.05, 4.69) is 31.2 Å². The van der Waals surface area contributed by atoms with Crippen molar-refractivity contribution in [3.63, 3.8) is 0 Å². The zero-order chi connectivity index (χ0) is 13.0. The van der Waals surface area contributed by atoms with Crippen LogP contribution in [0.2, 0.25) is 0 Å². The fraction of sp³-hybridized carbons (Fsp3) is 0.235. The van der Waals surface area contributed by atoms with Crippen LogP contribution in [0.5, 0.6) is 0 Å². The fourth-order valence-corrected chi connectivity index (χ4v) is 2.22. The minimum atomic E-state index is 0.117. The molecule has 0 radical (unpaired) electrons. The zero-order valence-electron chi connectivity index (χ0n) is 10.9. The Hall–Kier alpha value is -1.89. The third kappa shape index (κ3) is 2.67. The maximum Gasteiger partial charge on any atom is 0.160 e. The standard InChI is InChI=1S/C17H18O/c1-3-7-14-8-6-9-15(12-14)17-11-5-4-10-16(17)13(2)18/h4-6,8-12H,3,7H2,1-2H3. The lowest BCUT2D eigenvalue weighted by molar-refractivity contribution is 0.101. The molecule has 0 amide bonds. The van der Waals surface area contributed by atoms with Gasteiger partial charge in [-0.05, 0) is 30.0 Å². The summed E-state index contributed by atoms with van der Waals surface area (Å²) >= 11 is 0. The van der Waals surface area contributed by atoms with Gasteiger partial charge in [0.1, 0.15) is 0 Å². The van der Waals surface area contributed by atoms with Crippen molar-refractivity contribution in [2.24, 2.45) is 0 Å². The number of ketones is 1. The molecule has 0 aliphatic carbocycles. The van der Waals surface area contributed by atoms with Crippen LogP contribution < -0.4 is 0 Å². The summed E-state index contributed by atoms with van der Waals surface area (Å²) in [7, 11) is 0. The van der Waals surface area contributed by atoms with Gasteiger partial charge in [0.2, 0.25) is 0 Å². The third-order valence-corrected chi connectivity index (χ3v) is 3.08. The van der Waals surface area contributed by atoms with Crippen molar-refractivity contribution in [1.29, 1.82) is 0 Å². The highest BCUT2D eigenvalue weighted by atomic mass is 16.1. The minimum Gasteiger partial charge on any atom is -0.294 e. The minimum absolute atomic E-state index is 0.117. The lowest BCUT2D eigenvalue weighted by atomic mass is 9.95. The van der Waals surface area contributed by atoms with Crippen LogP contribution in [-0.4, -0.2) is 5.78 Å². The first-order valence-corrected chi connectivity index (χ1v) is 6.41. The molecular formula is C17H18O. The van der Waals surface area contributed by atoms with Crippen molar-refractivity contribution in [1.82, 2.24) is 0 Å². The topological polar surface area (TPSA) is 17.1 Å². The molecule has 1 nitrogen and oxygen atoms in total. The Balaban J connectivity index is 2.48. The van der Waals surface area contributed by atoms with E-state index >= 15 is 0 Å². The van der Waals surface area contributed by atoms with E-state index in [1.54, 1.807) is 6.92 Å². The number of carbonyl (C=O) groups excluding carboxylic acids is 1. The molecule has 0 atom stereocenters. The third-order valence-electron chi connectivity index (χ3n) is 3.08. The summed E-state index contributed by atoms with van der Waals surface area (Å²) in [6, 6.07) is 16.3. The Kier molecular flexibility index (Phi) is 3.93. The van der Waals surface area contributed by atoms with E-state index in [0.29, 0.717) is 0 Å². The van der Waals surface area contributed by atoms with E-state index < -0.39 is 0 Å². The highest BCUT2D eigenvalue weighted by molar-refractivity contribution is 6.00. The average molecular weight is 238 g/mol. The molecule has 0 aliphatic rings. The molecule has 0 saturated heterocycles. The predicted molar refractivity (Wildman–Crippen MR) is 75.9 cm³/mol. The first-order chi connectivity index (χ1) is 8.72. The van der Waals surface area contributed by atoms with E-state index in [-0.39, 0.29) is 5.78 Å². The number of rotatable bonds is 4. The van der Waals surface area contributed by atoms with Gasteiger partial charge in [-0.1, -0.05) is 61.9 Å². The summed E-state index contributed by atoms with van der Waals surface area (Å²) < 4.78 is 0. The monoisotopic (exact) mass is 238 g/mol. The van der Waals surface area contributed by atoms with Crippen LogP contribution >= 0.6 is 0 Å². The highest BCUT2D eigenvalue weighted by Crippen LogP contribution is 2.25. The second kappa shape index (κ2) is 5.63. The zero-order valence-corrected chi connectivity index (χ0v) is 10.9. The molecular weight excluding hydrogens is 220 g/mol. The summed E-state index contributed by atoms with van der Waals surface area (Å²) in [5.74, 6) is 0.117. The van der Waals surface area contributed by atoms with Crippen molar-refractivity contribution < 1.29 is 4.79 Å². The first kappa shape index (κ1) is 12.6. The Morgan fingerprint density at radius 3 is 2.56 bits per heavy atom. The molecule has 0 N–H and O–H groups in total. The van der Waals surface area contributed by atoms with Crippen LogP contribution in [0.4, 0.5) is 0 Å². The second-order valence-electron chi connectivity index (χ2n) is 4.55. The SMILES string of the molecule is CCCc1cccc(-c2ccccc2C(C)=O)c1. The molecule has 0 saturated carbocycles. The van der Waals surface area contributed by atoms with Gasteiger partial charge in [-0.2, -0.15) is 0 Å². The Bertz CT molecular complexity index is 555. The lowest BCUT2D eigenvalue weighted by Gasteiger charge is -2.08. The second-order valence-corrected chi connectivity index (χ2v) is 4.55. The number of hydrogen-bond acceptors (Lipinski definition) is 1. The molecule has 92 valence electrons. The van der Waals surface area contributed by atoms with Crippen molar-refractivity contribution >= 4 is 5.78 Å². The summed E-state index contributed by atoms with van der Waals surface area (Å²) in [5.41, 5.74) is 4.29. The lowest BCUT2D eigenvalue weighted by Crippen LogP contribution is -1.96. The summed E-state index contributed by atoms with van der Waals surface area (Å²) in [6.45, 7) is 3.80. The smallest absolute Gasteiger partial charge is 0.160 e. The average Bonchev–Trinajstić information content (AvgIpc) is 2.39. The van der Waals surface area contributed by atoms with Crippen molar-refractivity contribution in [2.75, 3.05) is 0 Å². The number of carbonyl (C=O) groups is 1. The van der Waals surface area contributed by atoms with Gasteiger partial charge in [0.15, 0.2) is 5.78 Å². The van der Waals surface area contributed by atoms with Gasteiger partial charge in [-0.15, -0.1) is 0 Å². The molecule has 0 aromatic heterocycles. The highest BCUT2D eigenvalue weighted by Gasteiger charge is 2.08. The molecule has 1 heteroatoms. The van der Waals surface area contributed by atoms with Gasteiger partial charge in [0.25, 0.3) is 0 Å². The quantitative estimate of drug-likeness (QED) is 0.716. The van der Waals surface area contributed by atoms with Crippen LogP contribution in [0, 0.1) is 0 Å². The number of hydrogen-bond donors (Lipinski definition) is 0. The van der Waals surface area contributed by atoms with E-state index in [0.717, 1.165) is 29.5 Å². The van der Waals surface area contributed by atoms with Gasteiger partial charge >= 0.3 is 0 Å². The Morgan fingerprint density at radius 1 is 1.06 bits per heavy atom.